The molecule has 29 heavy (non-hydrogen) atoms. The third kappa shape index (κ3) is 4.42. The molecule has 154 valence electrons. The Morgan fingerprint density at radius 1 is 1.28 bits per heavy atom. The second kappa shape index (κ2) is 7.86. The molecule has 0 fully saturated rings. The van der Waals surface area contributed by atoms with E-state index in [4.69, 9.17) is 16.3 Å². The number of halogens is 4. The summed E-state index contributed by atoms with van der Waals surface area (Å²) in [5.41, 5.74) is 2.00. The van der Waals surface area contributed by atoms with Gasteiger partial charge < -0.3 is 10.1 Å². The Labute approximate surface area is 168 Å². The minimum absolute atomic E-state index is 0.0748. The van der Waals surface area contributed by atoms with Gasteiger partial charge in [0.05, 0.1) is 12.8 Å². The van der Waals surface area contributed by atoms with Crippen LogP contribution < -0.4 is 10.1 Å². The highest BCUT2D eigenvalue weighted by Crippen LogP contribution is 2.29. The van der Waals surface area contributed by atoms with Gasteiger partial charge in [-0.1, -0.05) is 11.6 Å². The maximum Gasteiger partial charge on any atom is 0.453 e. The van der Waals surface area contributed by atoms with Crippen molar-refractivity contribution >= 4 is 29.0 Å². The monoisotopic (exact) mass is 427 g/mol. The molecule has 3 aromatic rings. The fourth-order valence-electron chi connectivity index (χ4n) is 2.92. The molecule has 0 aliphatic rings. The highest BCUT2D eigenvalue weighted by Gasteiger charge is 2.36. The van der Waals surface area contributed by atoms with Crippen LogP contribution in [0.2, 0.25) is 5.02 Å². The highest BCUT2D eigenvalue weighted by molar-refractivity contribution is 6.31. The largest absolute Gasteiger partial charge is 0.495 e. The van der Waals surface area contributed by atoms with Gasteiger partial charge in [0.1, 0.15) is 5.75 Å². The zero-order chi connectivity index (χ0) is 21.3. The quantitative estimate of drug-likeness (QED) is 0.665. The molecule has 1 N–H and O–H groups in total. The van der Waals surface area contributed by atoms with Crippen LogP contribution in [0.25, 0.3) is 5.78 Å². The van der Waals surface area contributed by atoms with Crippen LogP contribution in [0.15, 0.2) is 18.2 Å². The first-order chi connectivity index (χ1) is 13.6. The van der Waals surface area contributed by atoms with Crippen LogP contribution in [-0.4, -0.2) is 32.6 Å². The van der Waals surface area contributed by atoms with E-state index in [-0.39, 0.29) is 24.5 Å². The molecule has 0 aliphatic heterocycles. The lowest BCUT2D eigenvalue weighted by molar-refractivity contribution is -0.144. The van der Waals surface area contributed by atoms with Crippen molar-refractivity contribution in [3.63, 3.8) is 0 Å². The lowest BCUT2D eigenvalue weighted by Crippen LogP contribution is -2.15. The van der Waals surface area contributed by atoms with Crippen LogP contribution in [0.3, 0.4) is 0 Å². The summed E-state index contributed by atoms with van der Waals surface area (Å²) in [6.07, 6.45) is -4.33. The van der Waals surface area contributed by atoms with Gasteiger partial charge in [-0.3, -0.25) is 4.79 Å². The van der Waals surface area contributed by atoms with E-state index in [1.54, 1.807) is 32.0 Å². The van der Waals surface area contributed by atoms with Crippen LogP contribution >= 0.6 is 11.6 Å². The maximum absolute atomic E-state index is 12.9. The molecule has 1 aromatic carbocycles. The van der Waals surface area contributed by atoms with Crippen LogP contribution in [-0.2, 0) is 17.4 Å². The number of carbonyl (C=O) groups excluding carboxylic acids is 1. The molecule has 0 aliphatic carbocycles. The van der Waals surface area contributed by atoms with Gasteiger partial charge in [0.2, 0.25) is 5.91 Å². The number of hydrogen-bond donors (Lipinski definition) is 1. The molecule has 0 radical (unpaired) electrons. The normalized spacial score (nSPS) is 11.7. The second-order valence-corrected chi connectivity index (χ2v) is 6.74. The first kappa shape index (κ1) is 20.8. The van der Waals surface area contributed by atoms with E-state index in [9.17, 15) is 18.0 Å². The molecule has 11 heteroatoms. The lowest BCUT2D eigenvalue weighted by Gasteiger charge is -2.12. The Morgan fingerprint density at radius 2 is 2.00 bits per heavy atom. The number of ether oxygens (including phenoxy) is 1. The molecule has 0 saturated heterocycles. The molecule has 0 bridgehead atoms. The van der Waals surface area contributed by atoms with E-state index in [2.05, 4.69) is 20.4 Å². The zero-order valence-electron chi connectivity index (χ0n) is 15.8. The Kier molecular flexibility index (Phi) is 5.65. The van der Waals surface area contributed by atoms with Gasteiger partial charge >= 0.3 is 6.18 Å². The average molecular weight is 428 g/mol. The van der Waals surface area contributed by atoms with E-state index in [1.165, 1.54) is 7.11 Å². The standard InChI is InChI=1S/C18H17ClF3N5O2/c1-9-12(10(2)27-17(23-9)25-16(26-27)18(20,21)22)5-7-15(28)24-13-8-11(19)4-6-14(13)29-3/h4,6,8H,5,7H2,1-3H3,(H,24,28). The molecule has 2 heterocycles. The summed E-state index contributed by atoms with van der Waals surface area (Å²) in [6.45, 7) is 3.27. The summed E-state index contributed by atoms with van der Waals surface area (Å²) in [5.74, 6) is -1.24. The number of hydrogen-bond acceptors (Lipinski definition) is 5. The van der Waals surface area contributed by atoms with Crippen LogP contribution in [0.5, 0.6) is 5.75 Å². The van der Waals surface area contributed by atoms with Crippen molar-refractivity contribution in [1.29, 1.82) is 0 Å². The average Bonchev–Trinajstić information content (AvgIpc) is 3.06. The fourth-order valence-corrected chi connectivity index (χ4v) is 3.09. The van der Waals surface area contributed by atoms with Crippen molar-refractivity contribution in [3.05, 3.63) is 46.0 Å². The van der Waals surface area contributed by atoms with Gasteiger partial charge in [0, 0.05) is 22.8 Å². The number of alkyl halides is 3. The Hall–Kier alpha value is -2.88. The predicted octanol–water partition coefficient (Wildman–Crippen LogP) is 3.99. The molecule has 7 nitrogen and oxygen atoms in total. The third-order valence-electron chi connectivity index (χ3n) is 4.34. The molecule has 2 aromatic heterocycles. The third-order valence-corrected chi connectivity index (χ3v) is 4.58. The summed E-state index contributed by atoms with van der Waals surface area (Å²) in [4.78, 5) is 19.9. The second-order valence-electron chi connectivity index (χ2n) is 6.30. The zero-order valence-corrected chi connectivity index (χ0v) is 16.5. The number of amides is 1. The maximum atomic E-state index is 12.9. The smallest absolute Gasteiger partial charge is 0.453 e. The van der Waals surface area contributed by atoms with Crippen LogP contribution in [0.1, 0.15) is 29.2 Å². The van der Waals surface area contributed by atoms with Crippen molar-refractivity contribution in [2.75, 3.05) is 12.4 Å². The number of nitrogens with one attached hydrogen (secondary N) is 1. The molecule has 0 unspecified atom stereocenters. The topological polar surface area (TPSA) is 81.4 Å². The SMILES string of the molecule is COc1ccc(Cl)cc1NC(=O)CCc1c(C)nc2nc(C(F)(F)F)nn2c1C. The van der Waals surface area contributed by atoms with E-state index in [0.717, 1.165) is 4.52 Å². The molecule has 1 amide bonds. The van der Waals surface area contributed by atoms with E-state index in [1.807, 2.05) is 0 Å². The summed E-state index contributed by atoms with van der Waals surface area (Å²) >= 11 is 5.95. The summed E-state index contributed by atoms with van der Waals surface area (Å²) < 4.78 is 44.8. The van der Waals surface area contributed by atoms with Crippen molar-refractivity contribution < 1.29 is 22.7 Å². The van der Waals surface area contributed by atoms with Gasteiger partial charge in [-0.25, -0.2) is 9.50 Å². The number of anilines is 1. The molecular formula is C18H17ClF3N5O2. The fraction of sp³-hybridized carbons (Fsp3) is 0.333. The van der Waals surface area contributed by atoms with E-state index < -0.39 is 12.0 Å². The van der Waals surface area contributed by atoms with Crippen LogP contribution in [0, 0.1) is 13.8 Å². The molecule has 3 rings (SSSR count). The van der Waals surface area contributed by atoms with Crippen LogP contribution in [0.4, 0.5) is 18.9 Å². The minimum atomic E-state index is -4.66. The number of nitrogens with zero attached hydrogens (tertiary/aromatic N) is 4. The lowest BCUT2D eigenvalue weighted by atomic mass is 10.1. The molecule has 0 spiro atoms. The summed E-state index contributed by atoms with van der Waals surface area (Å²) in [6, 6.07) is 4.83. The predicted molar refractivity (Wildman–Crippen MR) is 100 cm³/mol. The highest BCUT2D eigenvalue weighted by atomic mass is 35.5. The Bertz CT molecular complexity index is 1080. The number of methoxy groups -OCH3 is 1. The van der Waals surface area contributed by atoms with E-state index in [0.29, 0.717) is 33.4 Å². The summed E-state index contributed by atoms with van der Waals surface area (Å²) in [7, 11) is 1.47. The Morgan fingerprint density at radius 3 is 2.66 bits per heavy atom. The van der Waals surface area contributed by atoms with Crippen molar-refractivity contribution in [2.24, 2.45) is 0 Å². The number of aromatic nitrogens is 4. The van der Waals surface area contributed by atoms with Crippen molar-refractivity contribution in [2.45, 2.75) is 32.9 Å². The minimum Gasteiger partial charge on any atom is -0.495 e. The van der Waals surface area contributed by atoms with Gasteiger partial charge in [-0.2, -0.15) is 18.2 Å². The van der Waals surface area contributed by atoms with Gasteiger partial charge in [0.15, 0.2) is 0 Å². The summed E-state index contributed by atoms with van der Waals surface area (Å²) in [5, 5.41) is 6.66. The number of carbonyl (C=O) groups is 1. The van der Waals surface area contributed by atoms with Gasteiger partial charge in [-0.15, -0.1) is 5.10 Å². The van der Waals surface area contributed by atoms with Crippen molar-refractivity contribution in [1.82, 2.24) is 19.6 Å². The molecule has 0 saturated carbocycles. The number of fused-ring (bicyclic) bond motifs is 1. The molecule has 0 atom stereocenters. The van der Waals surface area contributed by atoms with Crippen molar-refractivity contribution in [3.8, 4) is 5.75 Å². The van der Waals surface area contributed by atoms with Gasteiger partial charge in [0.25, 0.3) is 11.6 Å². The first-order valence-electron chi connectivity index (χ1n) is 8.53. The van der Waals surface area contributed by atoms with E-state index >= 15 is 0 Å². The van der Waals surface area contributed by atoms with Gasteiger partial charge in [-0.05, 0) is 44.0 Å². The number of benzene rings is 1. The molecular weight excluding hydrogens is 411 g/mol. The number of rotatable bonds is 5. The first-order valence-corrected chi connectivity index (χ1v) is 8.91. The number of aryl methyl sites for hydroxylation is 2. The Balaban J connectivity index is 1.80.